The number of aliphatic hydroxyl groups excluding tert-OH is 1. The van der Waals surface area contributed by atoms with Crippen LogP contribution in [0, 0.1) is 0 Å². The van der Waals surface area contributed by atoms with Gasteiger partial charge in [0, 0.05) is 0 Å². The first kappa shape index (κ1) is 17.8. The number of methoxy groups -OCH3 is 2. The molecule has 0 saturated heterocycles. The second-order valence-electron chi connectivity index (χ2n) is 3.63. The van der Waals surface area contributed by atoms with Crippen LogP contribution in [0.3, 0.4) is 0 Å². The first-order valence-corrected chi connectivity index (χ1v) is 5.03. The average molecular weight is 302 g/mol. The average Bonchev–Trinajstić information content (AvgIpc) is 2.34. The van der Waals surface area contributed by atoms with Crippen molar-refractivity contribution in [1.82, 2.24) is 0 Å². The Labute approximate surface area is 114 Å². The van der Waals surface area contributed by atoms with Crippen LogP contribution in [0.2, 0.25) is 0 Å². The molecule has 0 heterocycles. The lowest BCUT2D eigenvalue weighted by molar-refractivity contribution is -0.210. The van der Waals surface area contributed by atoms with Crippen LogP contribution in [0.25, 0.3) is 0 Å². The minimum absolute atomic E-state index is 0. The third kappa shape index (κ3) is 4.15. The van der Waals surface area contributed by atoms with Crippen molar-refractivity contribution < 1.29 is 27.8 Å². The van der Waals surface area contributed by atoms with E-state index in [9.17, 15) is 13.2 Å². The second-order valence-corrected chi connectivity index (χ2v) is 3.63. The number of aliphatic hydroxyl groups is 1. The molecule has 0 aliphatic carbocycles. The van der Waals surface area contributed by atoms with Gasteiger partial charge in [-0.25, -0.2) is 0 Å². The Kier molecular flexibility index (Phi) is 6.41. The van der Waals surface area contributed by atoms with Crippen molar-refractivity contribution in [3.05, 3.63) is 23.8 Å². The lowest BCUT2D eigenvalue weighted by Crippen LogP contribution is -2.38. The van der Waals surface area contributed by atoms with Crippen molar-refractivity contribution in [2.24, 2.45) is 5.73 Å². The zero-order chi connectivity index (χ0) is 13.9. The molecule has 0 fully saturated rings. The Balaban J connectivity index is 0.00000324. The van der Waals surface area contributed by atoms with E-state index < -0.39 is 18.3 Å². The topological polar surface area (TPSA) is 64.7 Å². The SMILES string of the molecule is COc1ccc([C@@H](N)[C@@H](O)C(F)(F)F)cc1OC.Cl. The fourth-order valence-corrected chi connectivity index (χ4v) is 1.45. The summed E-state index contributed by atoms with van der Waals surface area (Å²) in [7, 11) is 2.76. The van der Waals surface area contributed by atoms with Crippen LogP contribution in [-0.4, -0.2) is 31.6 Å². The molecule has 4 nitrogen and oxygen atoms in total. The van der Waals surface area contributed by atoms with Gasteiger partial charge in [0.1, 0.15) is 0 Å². The van der Waals surface area contributed by atoms with E-state index in [-0.39, 0.29) is 23.7 Å². The van der Waals surface area contributed by atoms with Crippen molar-refractivity contribution in [2.75, 3.05) is 14.2 Å². The molecule has 0 spiro atoms. The summed E-state index contributed by atoms with van der Waals surface area (Å²) < 4.78 is 46.9. The molecule has 1 aromatic rings. The van der Waals surface area contributed by atoms with Gasteiger partial charge in [0.15, 0.2) is 17.6 Å². The molecule has 0 radical (unpaired) electrons. The summed E-state index contributed by atoms with van der Waals surface area (Å²) in [6.45, 7) is 0. The molecule has 0 unspecified atom stereocenters. The summed E-state index contributed by atoms with van der Waals surface area (Å²) in [5.74, 6) is 0.620. The molecule has 0 amide bonds. The van der Waals surface area contributed by atoms with Gasteiger partial charge in [-0.05, 0) is 17.7 Å². The van der Waals surface area contributed by atoms with Crippen LogP contribution in [0.4, 0.5) is 13.2 Å². The fraction of sp³-hybridized carbons (Fsp3) is 0.455. The van der Waals surface area contributed by atoms with Crippen LogP contribution >= 0.6 is 12.4 Å². The Bertz CT molecular complexity index is 415. The number of nitrogens with two attached hydrogens (primary N) is 1. The quantitative estimate of drug-likeness (QED) is 0.893. The molecule has 3 N–H and O–H groups in total. The van der Waals surface area contributed by atoms with Crippen molar-refractivity contribution >= 4 is 12.4 Å². The highest BCUT2D eigenvalue weighted by atomic mass is 35.5. The maximum atomic E-state index is 12.3. The van der Waals surface area contributed by atoms with Crippen LogP contribution < -0.4 is 15.2 Å². The van der Waals surface area contributed by atoms with Gasteiger partial charge in [0.25, 0.3) is 0 Å². The van der Waals surface area contributed by atoms with E-state index >= 15 is 0 Å². The molecule has 19 heavy (non-hydrogen) atoms. The molecule has 0 aliphatic heterocycles. The van der Waals surface area contributed by atoms with Crippen molar-refractivity contribution in [3.63, 3.8) is 0 Å². The van der Waals surface area contributed by atoms with E-state index in [1.165, 1.54) is 32.4 Å². The number of ether oxygens (including phenoxy) is 2. The Hall–Kier alpha value is -1.18. The van der Waals surface area contributed by atoms with Crippen LogP contribution in [0.15, 0.2) is 18.2 Å². The predicted octanol–water partition coefficient (Wildman–Crippen LogP) is 2.05. The number of alkyl halides is 3. The predicted molar refractivity (Wildman–Crippen MR) is 65.8 cm³/mol. The Morgan fingerprint density at radius 1 is 1.16 bits per heavy atom. The molecule has 0 bridgehead atoms. The van der Waals surface area contributed by atoms with E-state index in [0.717, 1.165) is 0 Å². The van der Waals surface area contributed by atoms with Gasteiger partial charge in [0.05, 0.1) is 20.3 Å². The number of hydrogen-bond acceptors (Lipinski definition) is 4. The lowest BCUT2D eigenvalue weighted by Gasteiger charge is -2.22. The molecular weight excluding hydrogens is 287 g/mol. The zero-order valence-electron chi connectivity index (χ0n) is 10.3. The first-order chi connectivity index (χ1) is 8.31. The van der Waals surface area contributed by atoms with E-state index in [1.807, 2.05) is 0 Å². The Morgan fingerprint density at radius 3 is 2.11 bits per heavy atom. The van der Waals surface area contributed by atoms with E-state index in [1.54, 1.807) is 0 Å². The minimum Gasteiger partial charge on any atom is -0.493 e. The molecule has 110 valence electrons. The molecule has 8 heteroatoms. The first-order valence-electron chi connectivity index (χ1n) is 5.03. The fourth-order valence-electron chi connectivity index (χ4n) is 1.45. The smallest absolute Gasteiger partial charge is 0.416 e. The second kappa shape index (κ2) is 6.83. The highest BCUT2D eigenvalue weighted by Crippen LogP contribution is 2.33. The number of rotatable bonds is 4. The van der Waals surface area contributed by atoms with Gasteiger partial charge >= 0.3 is 6.18 Å². The molecule has 1 aromatic carbocycles. The molecular formula is C11H15ClF3NO3. The van der Waals surface area contributed by atoms with E-state index in [4.69, 9.17) is 20.3 Å². The van der Waals surface area contributed by atoms with Gasteiger partial charge < -0.3 is 20.3 Å². The summed E-state index contributed by atoms with van der Waals surface area (Å²) in [6, 6.07) is 2.50. The highest BCUT2D eigenvalue weighted by molar-refractivity contribution is 5.85. The summed E-state index contributed by atoms with van der Waals surface area (Å²) >= 11 is 0. The number of halogens is 4. The van der Waals surface area contributed by atoms with Crippen molar-refractivity contribution in [2.45, 2.75) is 18.3 Å². The standard InChI is InChI=1S/C11H14F3NO3.ClH/c1-17-7-4-3-6(5-8(7)18-2)9(15)10(16)11(12,13)14;/h3-5,9-10,16H,15H2,1-2H3;1H/t9-,10-;/m1./s1. The third-order valence-electron chi connectivity index (χ3n) is 2.47. The molecule has 0 aliphatic rings. The highest BCUT2D eigenvalue weighted by Gasteiger charge is 2.42. The van der Waals surface area contributed by atoms with Crippen LogP contribution in [0.1, 0.15) is 11.6 Å². The van der Waals surface area contributed by atoms with Crippen LogP contribution in [0.5, 0.6) is 11.5 Å². The third-order valence-corrected chi connectivity index (χ3v) is 2.47. The van der Waals surface area contributed by atoms with Gasteiger partial charge in [-0.3, -0.25) is 0 Å². The van der Waals surface area contributed by atoms with Gasteiger partial charge in [-0.1, -0.05) is 6.07 Å². The summed E-state index contributed by atoms with van der Waals surface area (Å²) in [4.78, 5) is 0. The molecule has 2 atom stereocenters. The van der Waals surface area contributed by atoms with Gasteiger partial charge in [-0.2, -0.15) is 13.2 Å². The van der Waals surface area contributed by atoms with Gasteiger partial charge in [-0.15, -0.1) is 12.4 Å². The molecule has 0 aromatic heterocycles. The minimum atomic E-state index is -4.77. The molecule has 0 saturated carbocycles. The van der Waals surface area contributed by atoms with Crippen molar-refractivity contribution in [1.29, 1.82) is 0 Å². The van der Waals surface area contributed by atoms with E-state index in [2.05, 4.69) is 0 Å². The maximum absolute atomic E-state index is 12.3. The zero-order valence-corrected chi connectivity index (χ0v) is 11.1. The van der Waals surface area contributed by atoms with Crippen LogP contribution in [-0.2, 0) is 0 Å². The van der Waals surface area contributed by atoms with Gasteiger partial charge in [0.2, 0.25) is 0 Å². The lowest BCUT2D eigenvalue weighted by atomic mass is 10.0. The number of benzene rings is 1. The summed E-state index contributed by atoms with van der Waals surface area (Å²) in [5, 5.41) is 9.08. The maximum Gasteiger partial charge on any atom is 0.416 e. The summed E-state index contributed by atoms with van der Waals surface area (Å²) in [6.07, 6.45) is -7.40. The van der Waals surface area contributed by atoms with E-state index in [0.29, 0.717) is 5.75 Å². The van der Waals surface area contributed by atoms with Crippen molar-refractivity contribution in [3.8, 4) is 11.5 Å². The number of hydrogen-bond donors (Lipinski definition) is 2. The summed E-state index contributed by atoms with van der Waals surface area (Å²) in [5.41, 5.74) is 5.48. The largest absolute Gasteiger partial charge is 0.493 e. The Morgan fingerprint density at radius 2 is 1.68 bits per heavy atom. The molecule has 1 rings (SSSR count). The normalized spacial score (nSPS) is 14.3. The monoisotopic (exact) mass is 301 g/mol.